The Bertz CT molecular complexity index is 698. The van der Waals surface area contributed by atoms with Gasteiger partial charge in [-0.05, 0) is 30.0 Å². The highest BCUT2D eigenvalue weighted by atomic mass is 32.1. The van der Waals surface area contributed by atoms with Gasteiger partial charge in [0, 0.05) is 18.5 Å². The molecule has 7 heteroatoms. The van der Waals surface area contributed by atoms with E-state index in [9.17, 15) is 14.4 Å². The SMILES string of the molecule is Cc1ccccc1C(=O)NNC(=O)CCNC(=O)c1cccs1. The van der Waals surface area contributed by atoms with Crippen LogP contribution in [0.1, 0.15) is 32.0 Å². The predicted molar refractivity (Wildman–Crippen MR) is 88.1 cm³/mol. The van der Waals surface area contributed by atoms with Crippen molar-refractivity contribution in [3.8, 4) is 0 Å². The van der Waals surface area contributed by atoms with E-state index in [1.165, 1.54) is 11.3 Å². The Labute approximate surface area is 137 Å². The molecule has 2 aromatic rings. The molecule has 0 aliphatic rings. The lowest BCUT2D eigenvalue weighted by atomic mass is 10.1. The van der Waals surface area contributed by atoms with Gasteiger partial charge >= 0.3 is 0 Å². The van der Waals surface area contributed by atoms with Crippen LogP contribution in [0.5, 0.6) is 0 Å². The van der Waals surface area contributed by atoms with Crippen molar-refractivity contribution in [1.82, 2.24) is 16.2 Å². The van der Waals surface area contributed by atoms with Crippen molar-refractivity contribution in [3.63, 3.8) is 0 Å². The number of nitrogens with one attached hydrogen (secondary N) is 3. The highest BCUT2D eigenvalue weighted by Gasteiger charge is 2.10. The van der Waals surface area contributed by atoms with E-state index < -0.39 is 0 Å². The molecule has 1 aromatic carbocycles. The van der Waals surface area contributed by atoms with E-state index in [2.05, 4.69) is 16.2 Å². The molecule has 0 saturated heterocycles. The maximum Gasteiger partial charge on any atom is 0.269 e. The van der Waals surface area contributed by atoms with Crippen LogP contribution >= 0.6 is 11.3 Å². The number of hydrogen-bond acceptors (Lipinski definition) is 4. The lowest BCUT2D eigenvalue weighted by Gasteiger charge is -2.09. The zero-order valence-corrected chi connectivity index (χ0v) is 13.4. The van der Waals surface area contributed by atoms with Gasteiger partial charge in [0.25, 0.3) is 11.8 Å². The van der Waals surface area contributed by atoms with E-state index in [-0.39, 0.29) is 30.7 Å². The maximum atomic E-state index is 11.9. The summed E-state index contributed by atoms with van der Waals surface area (Å²) in [6.07, 6.45) is 0.0746. The number of carbonyl (C=O) groups is 3. The highest BCUT2D eigenvalue weighted by molar-refractivity contribution is 7.12. The summed E-state index contributed by atoms with van der Waals surface area (Å²) in [5, 5.41) is 4.45. The third-order valence-electron chi connectivity index (χ3n) is 3.09. The molecule has 0 bridgehead atoms. The number of hydrazine groups is 1. The van der Waals surface area contributed by atoms with Crippen molar-refractivity contribution in [3.05, 3.63) is 57.8 Å². The maximum absolute atomic E-state index is 11.9. The molecule has 1 aromatic heterocycles. The molecule has 0 aliphatic carbocycles. The minimum Gasteiger partial charge on any atom is -0.351 e. The van der Waals surface area contributed by atoms with Crippen LogP contribution in [0.25, 0.3) is 0 Å². The van der Waals surface area contributed by atoms with Gasteiger partial charge in [0.1, 0.15) is 0 Å². The number of benzene rings is 1. The Morgan fingerprint density at radius 3 is 2.48 bits per heavy atom. The smallest absolute Gasteiger partial charge is 0.269 e. The number of rotatable bonds is 5. The molecule has 2 rings (SSSR count). The first kappa shape index (κ1) is 16.7. The minimum atomic E-state index is -0.376. The van der Waals surface area contributed by atoms with E-state index in [0.29, 0.717) is 10.4 Å². The number of aryl methyl sites for hydroxylation is 1. The topological polar surface area (TPSA) is 87.3 Å². The monoisotopic (exact) mass is 331 g/mol. The molecule has 3 N–H and O–H groups in total. The van der Waals surface area contributed by atoms with Crippen LogP contribution in [-0.4, -0.2) is 24.3 Å². The Kier molecular flexibility index (Phi) is 5.87. The summed E-state index contributed by atoms with van der Waals surface area (Å²) in [5.41, 5.74) is 6.01. The Morgan fingerprint density at radius 2 is 1.78 bits per heavy atom. The van der Waals surface area contributed by atoms with Crippen molar-refractivity contribution < 1.29 is 14.4 Å². The fourth-order valence-electron chi connectivity index (χ4n) is 1.87. The molecule has 0 aliphatic heterocycles. The van der Waals surface area contributed by atoms with Gasteiger partial charge in [0.15, 0.2) is 0 Å². The van der Waals surface area contributed by atoms with E-state index in [1.54, 1.807) is 24.3 Å². The number of carbonyl (C=O) groups excluding carboxylic acids is 3. The summed E-state index contributed by atoms with van der Waals surface area (Å²) in [7, 11) is 0. The molecule has 1 heterocycles. The normalized spacial score (nSPS) is 9.96. The lowest BCUT2D eigenvalue weighted by molar-refractivity contribution is -0.121. The fourth-order valence-corrected chi connectivity index (χ4v) is 2.51. The highest BCUT2D eigenvalue weighted by Crippen LogP contribution is 2.07. The average Bonchev–Trinajstić information content (AvgIpc) is 3.07. The van der Waals surface area contributed by atoms with E-state index in [4.69, 9.17) is 0 Å². The molecular weight excluding hydrogens is 314 g/mol. The quantitative estimate of drug-likeness (QED) is 0.728. The Hall–Kier alpha value is -2.67. The Morgan fingerprint density at radius 1 is 1.00 bits per heavy atom. The van der Waals surface area contributed by atoms with Crippen LogP contribution in [0, 0.1) is 6.92 Å². The van der Waals surface area contributed by atoms with E-state index >= 15 is 0 Å². The van der Waals surface area contributed by atoms with Gasteiger partial charge in [0.2, 0.25) is 5.91 Å². The van der Waals surface area contributed by atoms with Gasteiger partial charge in [-0.25, -0.2) is 0 Å². The molecule has 0 atom stereocenters. The molecule has 0 fully saturated rings. The number of amides is 3. The summed E-state index contributed by atoms with van der Waals surface area (Å²) in [6.45, 7) is 2.01. The van der Waals surface area contributed by atoms with Crippen molar-refractivity contribution in [2.45, 2.75) is 13.3 Å². The van der Waals surface area contributed by atoms with Gasteiger partial charge < -0.3 is 5.32 Å². The fraction of sp³-hybridized carbons (Fsp3) is 0.188. The standard InChI is InChI=1S/C16H17N3O3S/c1-11-5-2-3-6-12(11)15(21)19-18-14(20)8-9-17-16(22)13-7-4-10-23-13/h2-7,10H,8-9H2,1H3,(H,17,22)(H,18,20)(H,19,21). The second-order valence-electron chi connectivity index (χ2n) is 4.80. The zero-order chi connectivity index (χ0) is 16.7. The predicted octanol–water partition coefficient (Wildman–Crippen LogP) is 1.64. The molecule has 0 unspecified atom stereocenters. The average molecular weight is 331 g/mol. The van der Waals surface area contributed by atoms with E-state index in [1.807, 2.05) is 24.4 Å². The molecule has 3 amide bonds. The van der Waals surface area contributed by atoms with Crippen LogP contribution in [0.4, 0.5) is 0 Å². The summed E-state index contributed by atoms with van der Waals surface area (Å²) < 4.78 is 0. The van der Waals surface area contributed by atoms with Crippen molar-refractivity contribution >= 4 is 29.1 Å². The second-order valence-corrected chi connectivity index (χ2v) is 5.75. The lowest BCUT2D eigenvalue weighted by Crippen LogP contribution is -2.43. The largest absolute Gasteiger partial charge is 0.351 e. The van der Waals surface area contributed by atoms with E-state index in [0.717, 1.165) is 5.56 Å². The van der Waals surface area contributed by atoms with Gasteiger partial charge in [-0.1, -0.05) is 24.3 Å². The molecule has 0 radical (unpaired) electrons. The van der Waals surface area contributed by atoms with Crippen molar-refractivity contribution in [2.75, 3.05) is 6.54 Å². The second kappa shape index (κ2) is 8.09. The summed E-state index contributed by atoms with van der Waals surface area (Å²) in [6, 6.07) is 10.6. The van der Waals surface area contributed by atoms with Crippen LogP contribution < -0.4 is 16.2 Å². The number of hydrogen-bond donors (Lipinski definition) is 3. The van der Waals surface area contributed by atoms with Crippen molar-refractivity contribution in [1.29, 1.82) is 0 Å². The molecule has 23 heavy (non-hydrogen) atoms. The Balaban J connectivity index is 1.70. The molecule has 120 valence electrons. The third-order valence-corrected chi connectivity index (χ3v) is 3.96. The van der Waals surface area contributed by atoms with Gasteiger partial charge in [-0.15, -0.1) is 11.3 Å². The molecule has 0 saturated carbocycles. The van der Waals surface area contributed by atoms with Gasteiger partial charge in [0.05, 0.1) is 4.88 Å². The first-order chi connectivity index (χ1) is 11.1. The third kappa shape index (κ3) is 4.93. The van der Waals surface area contributed by atoms with Crippen LogP contribution in [0.2, 0.25) is 0 Å². The number of thiophene rings is 1. The minimum absolute atomic E-state index is 0.0746. The van der Waals surface area contributed by atoms with Crippen LogP contribution in [-0.2, 0) is 4.79 Å². The first-order valence-corrected chi connectivity index (χ1v) is 7.92. The summed E-state index contributed by atoms with van der Waals surface area (Å²) in [5.74, 6) is -0.964. The summed E-state index contributed by atoms with van der Waals surface area (Å²) >= 11 is 1.33. The van der Waals surface area contributed by atoms with Gasteiger partial charge in [-0.3, -0.25) is 25.2 Å². The van der Waals surface area contributed by atoms with Crippen LogP contribution in [0.3, 0.4) is 0 Å². The zero-order valence-electron chi connectivity index (χ0n) is 12.6. The van der Waals surface area contributed by atoms with Crippen LogP contribution in [0.15, 0.2) is 41.8 Å². The van der Waals surface area contributed by atoms with Crippen molar-refractivity contribution in [2.24, 2.45) is 0 Å². The van der Waals surface area contributed by atoms with Gasteiger partial charge in [-0.2, -0.15) is 0 Å². The summed E-state index contributed by atoms with van der Waals surface area (Å²) in [4.78, 5) is 35.8. The molecule has 0 spiro atoms. The molecular formula is C16H17N3O3S. The molecule has 6 nitrogen and oxygen atoms in total. The first-order valence-electron chi connectivity index (χ1n) is 7.04.